The van der Waals surface area contributed by atoms with Crippen LogP contribution < -0.4 is 10.1 Å². The van der Waals surface area contributed by atoms with Crippen LogP contribution in [0.2, 0.25) is 5.02 Å². The summed E-state index contributed by atoms with van der Waals surface area (Å²) in [5, 5.41) is 11.8. The van der Waals surface area contributed by atoms with Crippen LogP contribution in [-0.4, -0.2) is 33.0 Å². The van der Waals surface area contributed by atoms with Crippen LogP contribution in [0.15, 0.2) is 73.1 Å². The van der Waals surface area contributed by atoms with Gasteiger partial charge in [0.15, 0.2) is 5.69 Å². The quantitative estimate of drug-likeness (QED) is 0.512. The van der Waals surface area contributed by atoms with Crippen molar-refractivity contribution in [2.24, 2.45) is 0 Å². The van der Waals surface area contributed by atoms with E-state index in [0.717, 1.165) is 16.9 Å². The first-order valence-electron chi connectivity index (χ1n) is 9.19. The van der Waals surface area contributed by atoms with Gasteiger partial charge in [0.25, 0.3) is 5.91 Å². The van der Waals surface area contributed by atoms with Crippen LogP contribution in [0.25, 0.3) is 16.9 Å². The molecule has 0 saturated carbocycles. The number of aromatic nitrogens is 4. The number of carbonyl (C=O) groups excluding carboxylic acids is 1. The normalized spacial score (nSPS) is 10.6. The minimum Gasteiger partial charge on any atom is -0.497 e. The van der Waals surface area contributed by atoms with Gasteiger partial charge in [0, 0.05) is 24.5 Å². The summed E-state index contributed by atoms with van der Waals surface area (Å²) in [5.41, 5.74) is 3.07. The molecule has 1 N–H and O–H groups in total. The molecule has 0 aliphatic carbocycles. The molecule has 0 unspecified atom stereocenters. The summed E-state index contributed by atoms with van der Waals surface area (Å²) in [6.45, 7) is 0.345. The van der Waals surface area contributed by atoms with Gasteiger partial charge in [-0.25, -0.2) is 4.68 Å². The fourth-order valence-electron chi connectivity index (χ4n) is 3.01. The second-order valence-corrected chi connectivity index (χ2v) is 6.82. The Kier molecular flexibility index (Phi) is 5.72. The predicted octanol–water partition coefficient (Wildman–Crippen LogP) is 3.92. The van der Waals surface area contributed by atoms with E-state index in [4.69, 9.17) is 16.3 Å². The van der Waals surface area contributed by atoms with E-state index in [2.05, 4.69) is 20.6 Å². The maximum absolute atomic E-state index is 13.0. The van der Waals surface area contributed by atoms with Crippen LogP contribution in [0.4, 0.5) is 0 Å². The lowest BCUT2D eigenvalue weighted by Crippen LogP contribution is -2.24. The molecule has 4 rings (SSSR count). The molecule has 0 fully saturated rings. The van der Waals surface area contributed by atoms with Gasteiger partial charge in [0.1, 0.15) is 11.4 Å². The zero-order valence-electron chi connectivity index (χ0n) is 16.1. The van der Waals surface area contributed by atoms with E-state index in [-0.39, 0.29) is 11.6 Å². The molecule has 0 bridgehead atoms. The first kappa shape index (κ1) is 19.6. The second kappa shape index (κ2) is 8.75. The van der Waals surface area contributed by atoms with Crippen LogP contribution in [0, 0.1) is 0 Å². The molecule has 0 aliphatic heterocycles. The topological polar surface area (TPSA) is 81.9 Å². The van der Waals surface area contributed by atoms with Crippen LogP contribution in [0.1, 0.15) is 16.1 Å². The van der Waals surface area contributed by atoms with Crippen molar-refractivity contribution >= 4 is 17.5 Å². The van der Waals surface area contributed by atoms with Crippen molar-refractivity contribution < 1.29 is 9.53 Å². The number of carbonyl (C=O) groups is 1. The van der Waals surface area contributed by atoms with Crippen LogP contribution in [-0.2, 0) is 6.54 Å². The van der Waals surface area contributed by atoms with Gasteiger partial charge in [-0.2, -0.15) is 0 Å². The minimum atomic E-state index is -0.337. The molecule has 0 spiro atoms. The van der Waals surface area contributed by atoms with Crippen LogP contribution in [0.3, 0.4) is 0 Å². The summed E-state index contributed by atoms with van der Waals surface area (Å²) in [6, 6.07) is 18.3. The Bertz CT molecular complexity index is 1160. The number of methoxy groups -OCH3 is 1. The number of pyridine rings is 1. The van der Waals surface area contributed by atoms with Crippen molar-refractivity contribution in [2.45, 2.75) is 6.54 Å². The molecule has 0 saturated heterocycles. The smallest absolute Gasteiger partial charge is 0.274 e. The molecule has 7 nitrogen and oxygen atoms in total. The number of nitrogens with one attached hydrogen (secondary N) is 1. The summed E-state index contributed by atoms with van der Waals surface area (Å²) < 4.78 is 6.73. The molecule has 2 heterocycles. The van der Waals surface area contributed by atoms with Crippen LogP contribution >= 0.6 is 11.6 Å². The summed E-state index contributed by atoms with van der Waals surface area (Å²) >= 11 is 6.36. The predicted molar refractivity (Wildman–Crippen MR) is 114 cm³/mol. The molecule has 2 aromatic carbocycles. The molecule has 1 amide bonds. The van der Waals surface area contributed by atoms with Gasteiger partial charge in [0.2, 0.25) is 0 Å². The van der Waals surface area contributed by atoms with Crippen molar-refractivity contribution in [2.75, 3.05) is 7.11 Å². The number of hydrogen-bond acceptors (Lipinski definition) is 5. The molecule has 0 aliphatic rings. The molecule has 8 heteroatoms. The number of hydrogen-bond donors (Lipinski definition) is 1. The van der Waals surface area contributed by atoms with E-state index in [1.807, 2.05) is 42.5 Å². The van der Waals surface area contributed by atoms with E-state index in [9.17, 15) is 4.79 Å². The number of amides is 1. The summed E-state index contributed by atoms with van der Waals surface area (Å²) in [7, 11) is 1.61. The third-order valence-electron chi connectivity index (χ3n) is 4.53. The van der Waals surface area contributed by atoms with E-state index in [1.54, 1.807) is 42.4 Å². The molecule has 0 radical (unpaired) electrons. The number of para-hydroxylation sites is 1. The zero-order chi connectivity index (χ0) is 20.9. The maximum Gasteiger partial charge on any atom is 0.274 e. The largest absolute Gasteiger partial charge is 0.497 e. The molecular formula is C22H18ClN5O2. The highest BCUT2D eigenvalue weighted by atomic mass is 35.5. The highest BCUT2D eigenvalue weighted by Gasteiger charge is 2.23. The molecule has 0 atom stereocenters. The molecule has 30 heavy (non-hydrogen) atoms. The zero-order valence-corrected chi connectivity index (χ0v) is 16.9. The fraction of sp³-hybridized carbons (Fsp3) is 0.0909. The Balaban J connectivity index is 1.67. The van der Waals surface area contributed by atoms with E-state index >= 15 is 0 Å². The fourth-order valence-corrected chi connectivity index (χ4v) is 3.22. The average molecular weight is 420 g/mol. The van der Waals surface area contributed by atoms with Gasteiger partial charge in [-0.05, 0) is 42.0 Å². The van der Waals surface area contributed by atoms with E-state index in [0.29, 0.717) is 22.9 Å². The lowest BCUT2D eigenvalue weighted by Gasteiger charge is -2.10. The van der Waals surface area contributed by atoms with Crippen molar-refractivity contribution in [3.8, 4) is 22.7 Å². The van der Waals surface area contributed by atoms with Gasteiger partial charge >= 0.3 is 0 Å². The number of ether oxygens (including phenoxy) is 1. The van der Waals surface area contributed by atoms with E-state index < -0.39 is 0 Å². The number of halogens is 1. The minimum absolute atomic E-state index is 0.203. The maximum atomic E-state index is 13.0. The Hall–Kier alpha value is -3.71. The van der Waals surface area contributed by atoms with Gasteiger partial charge < -0.3 is 10.1 Å². The van der Waals surface area contributed by atoms with Crippen molar-refractivity contribution in [3.63, 3.8) is 0 Å². The summed E-state index contributed by atoms with van der Waals surface area (Å²) in [5.74, 6) is 0.420. The van der Waals surface area contributed by atoms with Crippen molar-refractivity contribution in [1.29, 1.82) is 0 Å². The van der Waals surface area contributed by atoms with Gasteiger partial charge in [0.05, 0.1) is 17.8 Å². The van der Waals surface area contributed by atoms with Gasteiger partial charge in [-0.1, -0.05) is 41.1 Å². The SMILES string of the molecule is COc1ccc(CNC(=O)c2nnn(-c3ccccc3Cl)c2-c2ccncc2)cc1. The lowest BCUT2D eigenvalue weighted by atomic mass is 10.1. The number of rotatable bonds is 6. The van der Waals surface area contributed by atoms with Crippen LogP contribution in [0.5, 0.6) is 5.75 Å². The highest BCUT2D eigenvalue weighted by Crippen LogP contribution is 2.28. The number of benzene rings is 2. The molecular weight excluding hydrogens is 402 g/mol. The Morgan fingerprint density at radius 2 is 1.80 bits per heavy atom. The molecule has 150 valence electrons. The lowest BCUT2D eigenvalue weighted by molar-refractivity contribution is 0.0946. The first-order valence-corrected chi connectivity index (χ1v) is 9.57. The van der Waals surface area contributed by atoms with Gasteiger partial charge in [-0.15, -0.1) is 5.10 Å². The standard InChI is InChI=1S/C22H18ClN5O2/c1-30-17-8-6-15(7-9-17)14-25-22(29)20-21(16-10-12-24-13-11-16)28(27-26-20)19-5-3-2-4-18(19)23/h2-13H,14H2,1H3,(H,25,29). The summed E-state index contributed by atoms with van der Waals surface area (Å²) in [6.07, 6.45) is 3.30. The average Bonchev–Trinajstić information content (AvgIpc) is 3.24. The monoisotopic (exact) mass is 419 g/mol. The third-order valence-corrected chi connectivity index (χ3v) is 4.85. The van der Waals surface area contributed by atoms with Gasteiger partial charge in [-0.3, -0.25) is 9.78 Å². The summed E-state index contributed by atoms with van der Waals surface area (Å²) in [4.78, 5) is 17.0. The van der Waals surface area contributed by atoms with Crippen molar-refractivity contribution in [3.05, 3.63) is 89.3 Å². The highest BCUT2D eigenvalue weighted by molar-refractivity contribution is 6.32. The molecule has 4 aromatic rings. The molecule has 2 aromatic heterocycles. The Morgan fingerprint density at radius 1 is 1.07 bits per heavy atom. The first-order chi connectivity index (χ1) is 14.7. The Labute approximate surface area is 178 Å². The van der Waals surface area contributed by atoms with Crippen molar-refractivity contribution in [1.82, 2.24) is 25.3 Å². The number of nitrogens with zero attached hydrogens (tertiary/aromatic N) is 4. The second-order valence-electron chi connectivity index (χ2n) is 6.42. The van der Waals surface area contributed by atoms with E-state index in [1.165, 1.54) is 0 Å². The Morgan fingerprint density at radius 3 is 2.50 bits per heavy atom. The third kappa shape index (κ3) is 4.01.